The van der Waals surface area contributed by atoms with Crippen LogP contribution in [0.4, 0.5) is 10.6 Å². The van der Waals surface area contributed by atoms with Crippen molar-refractivity contribution in [2.24, 2.45) is 0 Å². The lowest BCUT2D eigenvalue weighted by Crippen LogP contribution is -2.53. The third-order valence-electron chi connectivity index (χ3n) is 4.79. The molecule has 2 aromatic rings. The molecule has 1 fully saturated rings. The molecule has 2 amide bonds. The molecule has 0 bridgehead atoms. The molecule has 144 valence electrons. The molecule has 3 rings (SSSR count). The van der Waals surface area contributed by atoms with Crippen LogP contribution in [0.25, 0.3) is 0 Å². The molecule has 0 aliphatic carbocycles. The zero-order chi connectivity index (χ0) is 19.1. The van der Waals surface area contributed by atoms with E-state index in [1.807, 2.05) is 23.2 Å². The number of urea groups is 1. The van der Waals surface area contributed by atoms with Gasteiger partial charge in [-0.2, -0.15) is 0 Å². The van der Waals surface area contributed by atoms with Gasteiger partial charge in [-0.3, -0.25) is 9.78 Å². The summed E-state index contributed by atoms with van der Waals surface area (Å²) in [5.74, 6) is 0.411. The molecule has 2 N–H and O–H groups in total. The maximum Gasteiger partial charge on any atom is 0.318 e. The minimum atomic E-state index is -0.202. The van der Waals surface area contributed by atoms with E-state index in [1.165, 1.54) is 6.20 Å². The molecular weight excluding hydrogens is 344 g/mol. The van der Waals surface area contributed by atoms with Gasteiger partial charge in [-0.15, -0.1) is 0 Å². The fourth-order valence-corrected chi connectivity index (χ4v) is 3.24. The van der Waals surface area contributed by atoms with Crippen LogP contribution >= 0.6 is 0 Å². The van der Waals surface area contributed by atoms with E-state index in [4.69, 9.17) is 0 Å². The van der Waals surface area contributed by atoms with Crippen molar-refractivity contribution in [2.45, 2.75) is 32.2 Å². The standard InChI is InChI=1S/C19H26N6O2/c1-2-3-6-16(15-5-4-7-20-14-15)23-19(27)25-12-10-24(11-13-25)17-18(26)22-9-8-21-17/h4-5,7-9,14,16H,2-3,6,10-13H2,1H3,(H,22,26)(H,23,27). The van der Waals surface area contributed by atoms with Crippen molar-refractivity contribution in [2.75, 3.05) is 31.1 Å². The lowest BCUT2D eigenvalue weighted by molar-refractivity contribution is 0.189. The summed E-state index contributed by atoms with van der Waals surface area (Å²) < 4.78 is 0. The smallest absolute Gasteiger partial charge is 0.318 e. The number of amides is 2. The lowest BCUT2D eigenvalue weighted by Gasteiger charge is -2.35. The average molecular weight is 370 g/mol. The number of piperazine rings is 1. The first-order chi connectivity index (χ1) is 13.2. The summed E-state index contributed by atoms with van der Waals surface area (Å²) in [6, 6.07) is 3.78. The molecule has 0 aromatic carbocycles. The largest absolute Gasteiger partial charge is 0.348 e. The molecule has 27 heavy (non-hydrogen) atoms. The predicted octanol–water partition coefficient (Wildman–Crippen LogP) is 1.93. The van der Waals surface area contributed by atoms with Crippen LogP contribution in [0.2, 0.25) is 0 Å². The number of hydrogen-bond acceptors (Lipinski definition) is 5. The molecule has 1 saturated heterocycles. The van der Waals surface area contributed by atoms with Gasteiger partial charge >= 0.3 is 6.03 Å². The average Bonchev–Trinajstić information content (AvgIpc) is 2.72. The van der Waals surface area contributed by atoms with E-state index in [1.54, 1.807) is 17.3 Å². The van der Waals surface area contributed by atoms with Crippen LogP contribution in [-0.4, -0.2) is 52.1 Å². The summed E-state index contributed by atoms with van der Waals surface area (Å²) in [6.07, 6.45) is 9.64. The Morgan fingerprint density at radius 2 is 2.11 bits per heavy atom. The SMILES string of the molecule is CCCCC(NC(=O)N1CCN(c2ncc[nH]c2=O)CC1)c1cccnc1. The maximum absolute atomic E-state index is 12.7. The molecule has 0 spiro atoms. The number of H-pyrrole nitrogens is 1. The van der Waals surface area contributed by atoms with Gasteiger partial charge < -0.3 is 20.1 Å². The van der Waals surface area contributed by atoms with E-state index in [0.717, 1.165) is 24.8 Å². The number of aromatic nitrogens is 3. The maximum atomic E-state index is 12.7. The van der Waals surface area contributed by atoms with Gasteiger partial charge in [-0.05, 0) is 18.1 Å². The quantitative estimate of drug-likeness (QED) is 0.810. The number of rotatable bonds is 6. The zero-order valence-electron chi connectivity index (χ0n) is 15.6. The Balaban J connectivity index is 1.59. The Labute approximate surface area is 158 Å². The van der Waals surface area contributed by atoms with Crippen LogP contribution < -0.4 is 15.8 Å². The highest BCUT2D eigenvalue weighted by atomic mass is 16.2. The summed E-state index contributed by atoms with van der Waals surface area (Å²) in [6.45, 7) is 4.41. The van der Waals surface area contributed by atoms with Gasteiger partial charge in [-0.1, -0.05) is 25.8 Å². The van der Waals surface area contributed by atoms with Gasteiger partial charge in [0.1, 0.15) is 0 Å². The predicted molar refractivity (Wildman–Crippen MR) is 104 cm³/mol. The van der Waals surface area contributed by atoms with E-state index < -0.39 is 0 Å². The molecule has 1 aliphatic heterocycles. The Hall–Kier alpha value is -2.90. The van der Waals surface area contributed by atoms with Gasteiger partial charge in [0.15, 0.2) is 5.82 Å². The van der Waals surface area contributed by atoms with Crippen molar-refractivity contribution >= 4 is 11.8 Å². The number of hydrogen-bond donors (Lipinski definition) is 2. The summed E-state index contributed by atoms with van der Waals surface area (Å²) in [5.41, 5.74) is 0.824. The summed E-state index contributed by atoms with van der Waals surface area (Å²) in [4.78, 5) is 39.3. The molecule has 1 unspecified atom stereocenters. The van der Waals surface area contributed by atoms with Gasteiger partial charge in [-0.25, -0.2) is 9.78 Å². The molecular formula is C19H26N6O2. The zero-order valence-corrected chi connectivity index (χ0v) is 15.6. The molecule has 8 heteroatoms. The molecule has 3 heterocycles. The third-order valence-corrected chi connectivity index (χ3v) is 4.79. The van der Waals surface area contributed by atoms with Gasteiger partial charge in [0, 0.05) is 51.0 Å². The van der Waals surface area contributed by atoms with E-state index >= 15 is 0 Å². The Morgan fingerprint density at radius 3 is 2.78 bits per heavy atom. The fraction of sp³-hybridized carbons (Fsp3) is 0.474. The molecule has 0 saturated carbocycles. The van der Waals surface area contributed by atoms with Crippen LogP contribution in [0.5, 0.6) is 0 Å². The molecule has 1 atom stereocenters. The summed E-state index contributed by atoms with van der Waals surface area (Å²) in [5, 5.41) is 3.15. The van der Waals surface area contributed by atoms with Crippen LogP contribution in [0.3, 0.4) is 0 Å². The second-order valence-electron chi connectivity index (χ2n) is 6.65. The Morgan fingerprint density at radius 1 is 1.30 bits per heavy atom. The molecule has 2 aromatic heterocycles. The van der Waals surface area contributed by atoms with Crippen LogP contribution in [0.15, 0.2) is 41.7 Å². The highest BCUT2D eigenvalue weighted by molar-refractivity contribution is 5.75. The number of pyridine rings is 1. The number of nitrogens with zero attached hydrogens (tertiary/aromatic N) is 4. The normalized spacial score (nSPS) is 15.4. The first kappa shape index (κ1) is 18.9. The van der Waals surface area contributed by atoms with Crippen molar-refractivity contribution in [3.05, 3.63) is 52.8 Å². The number of carbonyl (C=O) groups excluding carboxylic acids is 1. The van der Waals surface area contributed by atoms with Gasteiger partial charge in [0.05, 0.1) is 6.04 Å². The van der Waals surface area contributed by atoms with E-state index in [9.17, 15) is 9.59 Å². The first-order valence-electron chi connectivity index (χ1n) is 9.43. The van der Waals surface area contributed by atoms with E-state index in [0.29, 0.717) is 32.0 Å². The summed E-state index contributed by atoms with van der Waals surface area (Å²) >= 11 is 0. The number of carbonyl (C=O) groups is 1. The first-order valence-corrected chi connectivity index (χ1v) is 9.43. The van der Waals surface area contributed by atoms with Gasteiger partial charge in [0.2, 0.25) is 0 Å². The van der Waals surface area contributed by atoms with Gasteiger partial charge in [0.25, 0.3) is 5.56 Å². The number of nitrogens with one attached hydrogen (secondary N) is 2. The molecule has 1 aliphatic rings. The van der Waals surface area contributed by atoms with E-state index in [-0.39, 0.29) is 17.6 Å². The van der Waals surface area contributed by atoms with Crippen molar-refractivity contribution in [3.63, 3.8) is 0 Å². The van der Waals surface area contributed by atoms with Crippen molar-refractivity contribution in [1.82, 2.24) is 25.2 Å². The highest BCUT2D eigenvalue weighted by Crippen LogP contribution is 2.19. The minimum Gasteiger partial charge on any atom is -0.348 e. The van der Waals surface area contributed by atoms with Crippen molar-refractivity contribution < 1.29 is 4.79 Å². The molecule has 8 nitrogen and oxygen atoms in total. The topological polar surface area (TPSA) is 94.2 Å². The van der Waals surface area contributed by atoms with Crippen LogP contribution in [-0.2, 0) is 0 Å². The second kappa shape index (κ2) is 9.16. The molecule has 0 radical (unpaired) electrons. The lowest BCUT2D eigenvalue weighted by atomic mass is 10.0. The van der Waals surface area contributed by atoms with Crippen molar-refractivity contribution in [3.8, 4) is 0 Å². The van der Waals surface area contributed by atoms with Crippen LogP contribution in [0, 0.1) is 0 Å². The number of aromatic amines is 1. The third kappa shape index (κ3) is 4.84. The van der Waals surface area contributed by atoms with Crippen LogP contribution in [0.1, 0.15) is 37.8 Å². The summed E-state index contributed by atoms with van der Waals surface area (Å²) in [7, 11) is 0. The minimum absolute atomic E-state index is 0.0391. The Kier molecular flexibility index (Phi) is 6.40. The van der Waals surface area contributed by atoms with Crippen molar-refractivity contribution in [1.29, 1.82) is 0 Å². The second-order valence-corrected chi connectivity index (χ2v) is 6.65. The Bertz CT molecular complexity index is 786. The fourth-order valence-electron chi connectivity index (χ4n) is 3.24. The van der Waals surface area contributed by atoms with E-state index in [2.05, 4.69) is 27.2 Å². The highest BCUT2D eigenvalue weighted by Gasteiger charge is 2.25. The monoisotopic (exact) mass is 370 g/mol. The number of anilines is 1. The number of unbranched alkanes of at least 4 members (excludes halogenated alkanes) is 1.